The summed E-state index contributed by atoms with van der Waals surface area (Å²) in [7, 11) is 0. The minimum atomic E-state index is -4.25. The van der Waals surface area contributed by atoms with E-state index < -0.39 is 12.8 Å². The smallest absolute Gasteiger partial charge is 0.411 e. The van der Waals surface area contributed by atoms with Crippen molar-refractivity contribution in [2.75, 3.05) is 19.8 Å². The van der Waals surface area contributed by atoms with Gasteiger partial charge in [0.25, 0.3) is 0 Å². The van der Waals surface area contributed by atoms with Crippen molar-refractivity contribution in [3.63, 3.8) is 0 Å². The zero-order chi connectivity index (χ0) is 12.0. The van der Waals surface area contributed by atoms with E-state index in [0.29, 0.717) is 13.1 Å². The second kappa shape index (κ2) is 6.45. The predicted octanol–water partition coefficient (Wildman–Crippen LogP) is 2.55. The van der Waals surface area contributed by atoms with Gasteiger partial charge in [-0.15, -0.1) is 0 Å². The lowest BCUT2D eigenvalue weighted by molar-refractivity contribution is -0.173. The van der Waals surface area contributed by atoms with Crippen LogP contribution in [0, 0.1) is 3.77 Å². The van der Waals surface area contributed by atoms with Crippen LogP contribution in [-0.2, 0) is 11.3 Å². The van der Waals surface area contributed by atoms with Gasteiger partial charge in [0.1, 0.15) is 12.4 Å². The molecule has 0 aliphatic heterocycles. The van der Waals surface area contributed by atoms with Gasteiger partial charge in [-0.05, 0) is 34.7 Å². The summed E-state index contributed by atoms with van der Waals surface area (Å²) in [6.07, 6.45) is -4.25. The molecule has 0 atom stereocenters. The summed E-state index contributed by atoms with van der Waals surface area (Å²) >= 11 is 2.04. The Labute approximate surface area is 104 Å². The normalized spacial score (nSPS) is 12.0. The fourth-order valence-corrected chi connectivity index (χ4v) is 1.45. The van der Waals surface area contributed by atoms with Crippen LogP contribution in [0.25, 0.3) is 0 Å². The molecule has 1 aromatic rings. The van der Waals surface area contributed by atoms with Gasteiger partial charge in [0, 0.05) is 6.54 Å². The maximum absolute atomic E-state index is 11.7. The molecule has 0 unspecified atom stereocenters. The Bertz CT molecular complexity index is 314. The first kappa shape index (κ1) is 13.8. The molecular formula is C9H11F3INO2. The largest absolute Gasteiger partial charge is 0.454 e. The van der Waals surface area contributed by atoms with E-state index in [0.717, 1.165) is 9.53 Å². The van der Waals surface area contributed by atoms with Crippen molar-refractivity contribution >= 4 is 22.6 Å². The number of furan rings is 1. The molecule has 1 aromatic heterocycles. The van der Waals surface area contributed by atoms with Gasteiger partial charge in [-0.3, -0.25) is 0 Å². The summed E-state index contributed by atoms with van der Waals surface area (Å²) in [6.45, 7) is -0.337. The molecule has 1 N–H and O–H groups in total. The van der Waals surface area contributed by atoms with Gasteiger partial charge in [-0.25, -0.2) is 0 Å². The van der Waals surface area contributed by atoms with Crippen molar-refractivity contribution in [2.24, 2.45) is 0 Å². The molecule has 0 spiro atoms. The van der Waals surface area contributed by atoms with Crippen molar-refractivity contribution in [3.8, 4) is 0 Å². The maximum Gasteiger partial charge on any atom is 0.411 e. The van der Waals surface area contributed by atoms with Crippen LogP contribution >= 0.6 is 22.6 Å². The highest BCUT2D eigenvalue weighted by Crippen LogP contribution is 2.14. The number of halogens is 4. The Morgan fingerprint density at radius 1 is 1.38 bits per heavy atom. The minimum Gasteiger partial charge on any atom is -0.454 e. The number of rotatable bonds is 6. The van der Waals surface area contributed by atoms with Gasteiger partial charge in [0.15, 0.2) is 3.77 Å². The van der Waals surface area contributed by atoms with E-state index in [4.69, 9.17) is 4.42 Å². The SMILES string of the molecule is FC(F)(F)COCCNCc1ccc(I)o1. The maximum atomic E-state index is 11.7. The van der Waals surface area contributed by atoms with Crippen LogP contribution in [0.5, 0.6) is 0 Å². The Morgan fingerprint density at radius 2 is 2.12 bits per heavy atom. The molecule has 0 amide bonds. The molecule has 0 aromatic carbocycles. The van der Waals surface area contributed by atoms with E-state index in [1.54, 1.807) is 0 Å². The van der Waals surface area contributed by atoms with Crippen LogP contribution in [-0.4, -0.2) is 25.9 Å². The van der Waals surface area contributed by atoms with Crippen molar-refractivity contribution in [1.29, 1.82) is 0 Å². The van der Waals surface area contributed by atoms with Crippen LogP contribution < -0.4 is 5.32 Å². The van der Waals surface area contributed by atoms with Crippen LogP contribution in [0.4, 0.5) is 13.2 Å². The molecule has 1 rings (SSSR count). The van der Waals surface area contributed by atoms with E-state index in [-0.39, 0.29) is 6.61 Å². The third-order valence-corrected chi connectivity index (χ3v) is 2.20. The predicted molar refractivity (Wildman–Crippen MR) is 60.0 cm³/mol. The lowest BCUT2D eigenvalue weighted by Crippen LogP contribution is -2.23. The number of alkyl halides is 3. The standard InChI is InChI=1S/C9H11F3INO2/c10-9(11,12)6-15-4-3-14-5-7-1-2-8(13)16-7/h1-2,14H,3-6H2. The van der Waals surface area contributed by atoms with Crippen LogP contribution in [0.15, 0.2) is 16.5 Å². The molecule has 0 saturated carbocycles. The van der Waals surface area contributed by atoms with Gasteiger partial charge in [0.05, 0.1) is 13.2 Å². The molecule has 3 nitrogen and oxygen atoms in total. The van der Waals surface area contributed by atoms with Crippen LogP contribution in [0.2, 0.25) is 0 Å². The van der Waals surface area contributed by atoms with Gasteiger partial charge in [0.2, 0.25) is 0 Å². The monoisotopic (exact) mass is 349 g/mol. The van der Waals surface area contributed by atoms with E-state index in [9.17, 15) is 13.2 Å². The van der Waals surface area contributed by atoms with Gasteiger partial charge in [-0.1, -0.05) is 0 Å². The summed E-state index contributed by atoms with van der Waals surface area (Å²) in [5, 5.41) is 2.91. The van der Waals surface area contributed by atoms with E-state index in [2.05, 4.69) is 10.1 Å². The zero-order valence-corrected chi connectivity index (χ0v) is 10.5. The molecule has 92 valence electrons. The Kier molecular flexibility index (Phi) is 5.56. The average molecular weight is 349 g/mol. The Balaban J connectivity index is 2.00. The summed E-state index contributed by atoms with van der Waals surface area (Å²) in [5.74, 6) is 0.750. The molecular weight excluding hydrogens is 338 g/mol. The fourth-order valence-electron chi connectivity index (χ4n) is 0.991. The summed E-state index contributed by atoms with van der Waals surface area (Å²) in [6, 6.07) is 3.63. The van der Waals surface area contributed by atoms with Gasteiger partial charge < -0.3 is 14.5 Å². The van der Waals surface area contributed by atoms with E-state index in [1.807, 2.05) is 34.7 Å². The highest BCUT2D eigenvalue weighted by molar-refractivity contribution is 14.1. The lowest BCUT2D eigenvalue weighted by Gasteiger charge is -2.07. The van der Waals surface area contributed by atoms with Gasteiger partial charge in [-0.2, -0.15) is 13.2 Å². The number of ether oxygens (including phenoxy) is 1. The Hall–Kier alpha value is -0.280. The molecule has 7 heteroatoms. The highest BCUT2D eigenvalue weighted by Gasteiger charge is 2.27. The quantitative estimate of drug-likeness (QED) is 0.633. The molecule has 0 bridgehead atoms. The summed E-state index contributed by atoms with van der Waals surface area (Å²) in [5.41, 5.74) is 0. The van der Waals surface area contributed by atoms with Gasteiger partial charge >= 0.3 is 6.18 Å². The topological polar surface area (TPSA) is 34.4 Å². The number of nitrogens with one attached hydrogen (secondary N) is 1. The fraction of sp³-hybridized carbons (Fsp3) is 0.556. The lowest BCUT2D eigenvalue weighted by atomic mass is 10.4. The minimum absolute atomic E-state index is 0.0251. The Morgan fingerprint density at radius 3 is 2.69 bits per heavy atom. The molecule has 0 saturated heterocycles. The van der Waals surface area contributed by atoms with Crippen LogP contribution in [0.3, 0.4) is 0 Å². The van der Waals surface area contributed by atoms with Crippen molar-refractivity contribution in [1.82, 2.24) is 5.32 Å². The van der Waals surface area contributed by atoms with Crippen LogP contribution in [0.1, 0.15) is 5.76 Å². The molecule has 0 fully saturated rings. The summed E-state index contributed by atoms with van der Waals surface area (Å²) in [4.78, 5) is 0. The molecule has 1 heterocycles. The first-order valence-electron chi connectivity index (χ1n) is 4.57. The first-order chi connectivity index (χ1) is 7.47. The average Bonchev–Trinajstić information content (AvgIpc) is 2.56. The third kappa shape index (κ3) is 6.33. The second-order valence-corrected chi connectivity index (χ2v) is 4.11. The highest BCUT2D eigenvalue weighted by atomic mass is 127. The summed E-state index contributed by atoms with van der Waals surface area (Å²) < 4.78 is 45.5. The second-order valence-electron chi connectivity index (χ2n) is 3.05. The van der Waals surface area contributed by atoms with Crippen molar-refractivity contribution in [2.45, 2.75) is 12.7 Å². The molecule has 16 heavy (non-hydrogen) atoms. The van der Waals surface area contributed by atoms with E-state index in [1.165, 1.54) is 0 Å². The van der Waals surface area contributed by atoms with Crippen molar-refractivity contribution < 1.29 is 22.3 Å². The van der Waals surface area contributed by atoms with E-state index >= 15 is 0 Å². The molecule has 0 radical (unpaired) electrons. The number of hydrogen-bond donors (Lipinski definition) is 1. The number of hydrogen-bond acceptors (Lipinski definition) is 3. The zero-order valence-electron chi connectivity index (χ0n) is 8.31. The van der Waals surface area contributed by atoms with Crippen molar-refractivity contribution in [3.05, 3.63) is 21.7 Å². The first-order valence-corrected chi connectivity index (χ1v) is 5.65. The molecule has 0 aliphatic rings. The molecule has 0 aliphatic carbocycles. The third-order valence-electron chi connectivity index (χ3n) is 1.62.